The van der Waals surface area contributed by atoms with Gasteiger partial charge in [0.05, 0.1) is 16.2 Å². The minimum atomic E-state index is -3.29. The molecule has 0 amide bonds. The second-order valence-electron chi connectivity index (χ2n) is 10.9. The maximum Gasteiger partial charge on any atom is 0.159 e. The van der Waals surface area contributed by atoms with Crippen molar-refractivity contribution in [1.82, 2.24) is 9.88 Å². The van der Waals surface area contributed by atoms with Gasteiger partial charge in [-0.2, -0.15) is 0 Å². The molecule has 1 fully saturated rings. The number of sulfone groups is 1. The molecule has 1 aliphatic rings. The zero-order valence-corrected chi connectivity index (χ0v) is 23.7. The molecule has 0 atom stereocenters. The fourth-order valence-electron chi connectivity index (χ4n) is 4.32. The standard InChI is InChI=1S/C29H38FN5O2S/c1-6-22-19-31-28(33-24-10-11-27(25(30)17-24)35-14-12-34(5)13-15-35)18-26(22)32-23-9-7-8-21(16-23)20-38(36,37)29(2,3)4/h7-11,16-19H,6,12-15,20H2,1-5H3,(H2,31,32,33). The first-order chi connectivity index (χ1) is 17.9. The summed E-state index contributed by atoms with van der Waals surface area (Å²) in [6, 6.07) is 14.5. The Hall–Kier alpha value is -3.17. The number of aryl methyl sites for hydroxylation is 1. The Bertz CT molecular complexity index is 1380. The Balaban J connectivity index is 1.51. The zero-order chi connectivity index (χ0) is 27.5. The lowest BCUT2D eigenvalue weighted by Gasteiger charge is -2.34. The molecule has 0 unspecified atom stereocenters. The lowest BCUT2D eigenvalue weighted by molar-refractivity contribution is 0.311. The Morgan fingerprint density at radius 1 is 0.974 bits per heavy atom. The van der Waals surface area contributed by atoms with Crippen LogP contribution in [-0.2, 0) is 22.0 Å². The summed E-state index contributed by atoms with van der Waals surface area (Å²) in [4.78, 5) is 8.84. The summed E-state index contributed by atoms with van der Waals surface area (Å²) in [7, 11) is -1.22. The van der Waals surface area contributed by atoms with Gasteiger partial charge in [-0.15, -0.1) is 0 Å². The molecule has 204 valence electrons. The van der Waals surface area contributed by atoms with E-state index in [-0.39, 0.29) is 11.6 Å². The summed E-state index contributed by atoms with van der Waals surface area (Å²) in [5.41, 5.74) is 4.63. The highest BCUT2D eigenvalue weighted by molar-refractivity contribution is 7.91. The molecule has 0 bridgehead atoms. The van der Waals surface area contributed by atoms with Crippen molar-refractivity contribution < 1.29 is 12.8 Å². The molecule has 38 heavy (non-hydrogen) atoms. The van der Waals surface area contributed by atoms with Crippen LogP contribution in [0, 0.1) is 5.82 Å². The Labute approximate surface area is 226 Å². The molecule has 1 aromatic heterocycles. The molecule has 2 heterocycles. The summed E-state index contributed by atoms with van der Waals surface area (Å²) >= 11 is 0. The topological polar surface area (TPSA) is 77.6 Å². The third kappa shape index (κ3) is 6.63. The molecule has 2 N–H and O–H groups in total. The number of piperazine rings is 1. The van der Waals surface area contributed by atoms with E-state index in [1.165, 1.54) is 6.07 Å². The molecule has 3 aromatic rings. The first kappa shape index (κ1) is 27.9. The van der Waals surface area contributed by atoms with Crippen LogP contribution in [-0.4, -0.2) is 56.3 Å². The van der Waals surface area contributed by atoms with E-state index in [1.54, 1.807) is 27.0 Å². The molecule has 0 radical (unpaired) electrons. The summed E-state index contributed by atoms with van der Waals surface area (Å²) in [5.74, 6) is 0.305. The monoisotopic (exact) mass is 539 g/mol. The fraction of sp³-hybridized carbons (Fsp3) is 0.414. The maximum atomic E-state index is 15.0. The van der Waals surface area contributed by atoms with E-state index >= 15 is 0 Å². The van der Waals surface area contributed by atoms with Crippen LogP contribution >= 0.6 is 0 Å². The molecule has 4 rings (SSSR count). The number of halogens is 1. The highest BCUT2D eigenvalue weighted by Crippen LogP contribution is 2.29. The molecule has 9 heteroatoms. The van der Waals surface area contributed by atoms with Crippen molar-refractivity contribution in [3.63, 3.8) is 0 Å². The van der Waals surface area contributed by atoms with Gasteiger partial charge in [0, 0.05) is 55.5 Å². The Morgan fingerprint density at radius 3 is 2.34 bits per heavy atom. The van der Waals surface area contributed by atoms with Gasteiger partial charge in [-0.05, 0) is 75.7 Å². The first-order valence-electron chi connectivity index (χ1n) is 13.0. The van der Waals surface area contributed by atoms with Crippen LogP contribution in [0.4, 0.5) is 33.0 Å². The molecule has 2 aromatic carbocycles. The highest BCUT2D eigenvalue weighted by atomic mass is 32.2. The number of nitrogens with zero attached hydrogens (tertiary/aromatic N) is 3. The number of hydrogen-bond donors (Lipinski definition) is 2. The van der Waals surface area contributed by atoms with Gasteiger partial charge in [0.2, 0.25) is 0 Å². The van der Waals surface area contributed by atoms with Crippen molar-refractivity contribution in [3.05, 3.63) is 71.7 Å². The summed E-state index contributed by atoms with van der Waals surface area (Å²) in [6.07, 6.45) is 2.57. The van der Waals surface area contributed by atoms with Gasteiger partial charge in [-0.25, -0.2) is 17.8 Å². The smallest absolute Gasteiger partial charge is 0.159 e. The molecule has 0 aliphatic carbocycles. The van der Waals surface area contributed by atoms with Crippen molar-refractivity contribution >= 4 is 38.4 Å². The number of pyridine rings is 1. The Morgan fingerprint density at radius 2 is 1.68 bits per heavy atom. The van der Waals surface area contributed by atoms with Crippen LogP contribution < -0.4 is 15.5 Å². The maximum absolute atomic E-state index is 15.0. The van der Waals surface area contributed by atoms with Gasteiger partial charge in [-0.3, -0.25) is 0 Å². The van der Waals surface area contributed by atoms with Crippen molar-refractivity contribution in [2.75, 3.05) is 48.8 Å². The predicted molar refractivity (Wildman–Crippen MR) is 155 cm³/mol. The number of likely N-dealkylation sites (N-methyl/N-ethyl adjacent to an activating group) is 1. The van der Waals surface area contributed by atoms with Crippen LogP contribution in [0.25, 0.3) is 0 Å². The number of benzene rings is 2. The molecule has 0 saturated carbocycles. The van der Waals surface area contributed by atoms with E-state index < -0.39 is 14.6 Å². The predicted octanol–water partition coefficient (Wildman–Crippen LogP) is 5.74. The quantitative estimate of drug-likeness (QED) is 0.378. The summed E-state index contributed by atoms with van der Waals surface area (Å²) in [5, 5.41) is 6.64. The normalized spacial score (nSPS) is 14.9. The largest absolute Gasteiger partial charge is 0.367 e. The lowest BCUT2D eigenvalue weighted by atomic mass is 10.1. The second-order valence-corrected chi connectivity index (χ2v) is 13.6. The third-order valence-electron chi connectivity index (χ3n) is 6.93. The molecule has 1 aliphatic heterocycles. The number of hydrogen-bond acceptors (Lipinski definition) is 7. The highest BCUT2D eigenvalue weighted by Gasteiger charge is 2.29. The van der Waals surface area contributed by atoms with Gasteiger partial charge in [-0.1, -0.05) is 19.1 Å². The van der Waals surface area contributed by atoms with Gasteiger partial charge < -0.3 is 20.4 Å². The van der Waals surface area contributed by atoms with Crippen molar-refractivity contribution in [2.24, 2.45) is 0 Å². The molecule has 7 nitrogen and oxygen atoms in total. The molecular weight excluding hydrogens is 501 g/mol. The van der Waals surface area contributed by atoms with Crippen LogP contribution in [0.15, 0.2) is 54.7 Å². The molecule has 1 saturated heterocycles. The van der Waals surface area contributed by atoms with Crippen molar-refractivity contribution in [1.29, 1.82) is 0 Å². The van der Waals surface area contributed by atoms with Crippen LogP contribution in [0.5, 0.6) is 0 Å². The van der Waals surface area contributed by atoms with E-state index in [4.69, 9.17) is 0 Å². The van der Waals surface area contributed by atoms with Gasteiger partial charge in [0.1, 0.15) is 11.6 Å². The van der Waals surface area contributed by atoms with E-state index in [0.29, 0.717) is 17.2 Å². The molecule has 0 spiro atoms. The van der Waals surface area contributed by atoms with E-state index in [9.17, 15) is 12.8 Å². The van der Waals surface area contributed by atoms with E-state index in [1.807, 2.05) is 49.4 Å². The minimum Gasteiger partial charge on any atom is -0.367 e. The summed E-state index contributed by atoms with van der Waals surface area (Å²) < 4.78 is 39.5. The molecular formula is C29H38FN5O2S. The van der Waals surface area contributed by atoms with E-state index in [2.05, 4.69) is 32.5 Å². The van der Waals surface area contributed by atoms with Gasteiger partial charge in [0.15, 0.2) is 9.84 Å². The second kappa shape index (κ2) is 11.3. The SMILES string of the molecule is CCc1cnc(Nc2ccc(N3CCN(C)CC3)c(F)c2)cc1Nc1cccc(CS(=O)(=O)C(C)(C)C)c1. The lowest BCUT2D eigenvalue weighted by Crippen LogP contribution is -2.44. The average Bonchev–Trinajstić information content (AvgIpc) is 2.84. The van der Waals surface area contributed by atoms with E-state index in [0.717, 1.165) is 55.1 Å². The number of anilines is 5. The third-order valence-corrected chi connectivity index (χ3v) is 9.51. The van der Waals surface area contributed by atoms with Gasteiger partial charge >= 0.3 is 0 Å². The number of nitrogens with one attached hydrogen (secondary N) is 2. The Kier molecular flexibility index (Phi) is 8.28. The zero-order valence-electron chi connectivity index (χ0n) is 22.9. The number of rotatable bonds is 8. The van der Waals surface area contributed by atoms with Crippen LogP contribution in [0.1, 0.15) is 38.8 Å². The summed E-state index contributed by atoms with van der Waals surface area (Å²) in [6.45, 7) is 10.6. The first-order valence-corrected chi connectivity index (χ1v) is 14.7. The van der Waals surface area contributed by atoms with Crippen LogP contribution in [0.2, 0.25) is 0 Å². The fourth-order valence-corrected chi connectivity index (χ4v) is 5.37. The van der Waals surface area contributed by atoms with Crippen molar-refractivity contribution in [2.45, 2.75) is 44.6 Å². The van der Waals surface area contributed by atoms with Crippen molar-refractivity contribution in [3.8, 4) is 0 Å². The minimum absolute atomic E-state index is 0.0223. The number of aromatic nitrogens is 1. The van der Waals surface area contributed by atoms with Gasteiger partial charge in [0.25, 0.3) is 0 Å². The average molecular weight is 540 g/mol. The van der Waals surface area contributed by atoms with Crippen LogP contribution in [0.3, 0.4) is 0 Å².